The molecule has 1 N–H and O–H groups in total. The van der Waals surface area contributed by atoms with E-state index in [1.807, 2.05) is 26.8 Å². The lowest BCUT2D eigenvalue weighted by molar-refractivity contribution is 0.0707. The molecule has 2 heterocycles. The van der Waals surface area contributed by atoms with Gasteiger partial charge in [0.15, 0.2) is 11.4 Å². The maximum absolute atomic E-state index is 13.7. The highest BCUT2D eigenvalue weighted by Crippen LogP contribution is 2.39. The first kappa shape index (κ1) is 25.7. The molecule has 34 heavy (non-hydrogen) atoms. The number of thioether (sulfide) groups is 1. The van der Waals surface area contributed by atoms with Crippen molar-refractivity contribution in [1.29, 1.82) is 0 Å². The minimum absolute atomic E-state index is 0.0102. The maximum atomic E-state index is 13.7. The average molecular weight is 486 g/mol. The molecule has 3 rings (SSSR count). The smallest absolute Gasteiger partial charge is 0.274 e. The van der Waals surface area contributed by atoms with Gasteiger partial charge in [-0.05, 0) is 54.9 Å². The Bertz CT molecular complexity index is 1200. The zero-order chi connectivity index (χ0) is 25.0. The molecule has 1 atom stereocenters. The number of carbonyl (C=O) groups excluding carboxylic acids is 1. The first-order valence-corrected chi connectivity index (χ1v) is 12.5. The van der Waals surface area contributed by atoms with Gasteiger partial charge in [0.25, 0.3) is 5.91 Å². The summed E-state index contributed by atoms with van der Waals surface area (Å²) in [6.45, 7) is 9.39. The van der Waals surface area contributed by atoms with Gasteiger partial charge in [0, 0.05) is 38.8 Å². The lowest BCUT2D eigenvalue weighted by Gasteiger charge is -2.29. The molecule has 0 aliphatic carbocycles. The molecule has 0 bridgehead atoms. The summed E-state index contributed by atoms with van der Waals surface area (Å²) in [5.41, 5.74) is 1.59. The molecule has 0 fully saturated rings. The molecule has 182 valence electrons. The topological polar surface area (TPSA) is 74.9 Å². The van der Waals surface area contributed by atoms with E-state index in [4.69, 9.17) is 0 Å². The van der Waals surface area contributed by atoms with E-state index in [9.17, 15) is 19.1 Å². The molecular weight excluding hydrogens is 453 g/mol. The largest absolute Gasteiger partial charge is 0.503 e. The van der Waals surface area contributed by atoms with Gasteiger partial charge in [-0.1, -0.05) is 37.8 Å². The van der Waals surface area contributed by atoms with Crippen molar-refractivity contribution in [2.45, 2.75) is 53.0 Å². The van der Waals surface area contributed by atoms with Crippen molar-refractivity contribution < 1.29 is 14.3 Å². The van der Waals surface area contributed by atoms with Crippen molar-refractivity contribution in [3.63, 3.8) is 0 Å². The molecule has 0 radical (unpaired) electrons. The van der Waals surface area contributed by atoms with E-state index >= 15 is 0 Å². The number of rotatable bonds is 7. The molecular formula is C26H32FN3O3S. The van der Waals surface area contributed by atoms with Crippen molar-refractivity contribution in [2.24, 2.45) is 4.99 Å². The summed E-state index contributed by atoms with van der Waals surface area (Å²) in [6, 6.07) is 4.82. The number of pyridine rings is 1. The van der Waals surface area contributed by atoms with Crippen molar-refractivity contribution in [3.05, 3.63) is 73.8 Å². The van der Waals surface area contributed by atoms with Crippen LogP contribution in [-0.2, 0) is 6.54 Å². The zero-order valence-corrected chi connectivity index (χ0v) is 21.2. The second-order valence-corrected chi connectivity index (χ2v) is 9.32. The van der Waals surface area contributed by atoms with Crippen LogP contribution in [0.25, 0.3) is 0 Å². The van der Waals surface area contributed by atoms with Crippen LogP contribution in [0.4, 0.5) is 4.39 Å². The summed E-state index contributed by atoms with van der Waals surface area (Å²) in [7, 11) is 1.61. The molecule has 8 heteroatoms. The third-order valence-electron chi connectivity index (χ3n) is 6.15. The number of aliphatic imine (C=N–C) groups is 1. The van der Waals surface area contributed by atoms with Gasteiger partial charge in [-0.3, -0.25) is 14.6 Å². The first-order valence-electron chi connectivity index (χ1n) is 11.6. The minimum atomic E-state index is -0.604. The SMILES string of the molecule is CC/C=C(/SC(=NC)c1cn2c(c(O)c1=O)C(=O)N(CC)CC2)C(CC)c1ccc(F)cc1C. The van der Waals surface area contributed by atoms with Crippen molar-refractivity contribution >= 4 is 22.7 Å². The second kappa shape index (κ2) is 11.0. The number of halogens is 1. The number of carbonyl (C=O) groups is 1. The third-order valence-corrected chi connectivity index (χ3v) is 7.43. The highest BCUT2D eigenvalue weighted by atomic mass is 32.2. The molecule has 2 aromatic rings. The van der Waals surface area contributed by atoms with Crippen molar-refractivity contribution in [3.8, 4) is 5.75 Å². The van der Waals surface area contributed by atoms with E-state index in [0.29, 0.717) is 24.7 Å². The van der Waals surface area contributed by atoms with E-state index in [-0.39, 0.29) is 28.9 Å². The van der Waals surface area contributed by atoms with Crippen molar-refractivity contribution in [1.82, 2.24) is 9.47 Å². The van der Waals surface area contributed by atoms with Crippen LogP contribution in [-0.4, -0.2) is 45.7 Å². The molecule has 0 saturated heterocycles. The number of nitrogens with zero attached hydrogens (tertiary/aromatic N) is 3. The fourth-order valence-corrected chi connectivity index (χ4v) is 5.63. The molecule has 1 aromatic heterocycles. The number of fused-ring (bicyclic) bond motifs is 1. The number of allylic oxidation sites excluding steroid dienone is 2. The van der Waals surface area contributed by atoms with Gasteiger partial charge >= 0.3 is 0 Å². The summed E-state index contributed by atoms with van der Waals surface area (Å²) >= 11 is 1.38. The van der Waals surface area contributed by atoms with Crippen molar-refractivity contribution in [2.75, 3.05) is 20.1 Å². The van der Waals surface area contributed by atoms with Gasteiger partial charge in [0.1, 0.15) is 10.9 Å². The number of aromatic nitrogens is 1. The fourth-order valence-electron chi connectivity index (χ4n) is 4.38. The Hall–Kier alpha value is -2.87. The van der Waals surface area contributed by atoms with Crippen LogP contribution in [0.3, 0.4) is 0 Å². The molecule has 1 amide bonds. The average Bonchev–Trinajstić information content (AvgIpc) is 2.81. The Morgan fingerprint density at radius 1 is 1.26 bits per heavy atom. The Balaban J connectivity index is 2.03. The monoisotopic (exact) mass is 485 g/mol. The highest BCUT2D eigenvalue weighted by Gasteiger charge is 2.30. The van der Waals surface area contributed by atoms with Gasteiger partial charge < -0.3 is 14.6 Å². The minimum Gasteiger partial charge on any atom is -0.503 e. The van der Waals surface area contributed by atoms with E-state index in [0.717, 1.165) is 28.9 Å². The lowest BCUT2D eigenvalue weighted by atomic mass is 9.91. The predicted octanol–water partition coefficient (Wildman–Crippen LogP) is 5.07. The summed E-state index contributed by atoms with van der Waals surface area (Å²) in [4.78, 5) is 32.8. The quantitative estimate of drug-likeness (QED) is 0.439. The van der Waals surface area contributed by atoms with Gasteiger partial charge in [-0.25, -0.2) is 4.39 Å². The van der Waals surface area contributed by atoms with E-state index in [2.05, 4.69) is 18.0 Å². The van der Waals surface area contributed by atoms with Crippen LogP contribution in [0.15, 0.2) is 45.2 Å². The third kappa shape index (κ3) is 4.97. The lowest BCUT2D eigenvalue weighted by Crippen LogP contribution is -2.42. The molecule has 0 spiro atoms. The number of benzene rings is 1. The number of aryl methyl sites for hydroxylation is 1. The summed E-state index contributed by atoms with van der Waals surface area (Å²) in [6.07, 6.45) is 5.31. The molecule has 1 unspecified atom stereocenters. The molecule has 6 nitrogen and oxygen atoms in total. The summed E-state index contributed by atoms with van der Waals surface area (Å²) in [5.74, 6) is -1.14. The van der Waals surface area contributed by atoms with E-state index in [1.54, 1.807) is 22.7 Å². The number of likely N-dealkylation sites (N-methyl/N-ethyl adjacent to an activating group) is 1. The highest BCUT2D eigenvalue weighted by molar-refractivity contribution is 8.17. The Labute approximate surface area is 204 Å². The van der Waals surface area contributed by atoms with Crippen LogP contribution >= 0.6 is 11.8 Å². The van der Waals surface area contributed by atoms with Gasteiger partial charge in [0.05, 0.1) is 5.56 Å². The maximum Gasteiger partial charge on any atom is 0.274 e. The van der Waals surface area contributed by atoms with Crippen LogP contribution in [0.1, 0.15) is 66.7 Å². The van der Waals surface area contributed by atoms with Gasteiger partial charge in [-0.15, -0.1) is 0 Å². The van der Waals surface area contributed by atoms with Crippen LogP contribution in [0, 0.1) is 12.7 Å². The summed E-state index contributed by atoms with van der Waals surface area (Å²) in [5, 5.41) is 11.2. The van der Waals surface area contributed by atoms with Crippen LogP contribution < -0.4 is 5.43 Å². The van der Waals surface area contributed by atoms with Gasteiger partial charge in [-0.2, -0.15) is 0 Å². The first-order chi connectivity index (χ1) is 16.3. The Kier molecular flexibility index (Phi) is 8.36. The van der Waals surface area contributed by atoms with Crippen LogP contribution in [0.2, 0.25) is 0 Å². The van der Waals surface area contributed by atoms with E-state index in [1.165, 1.54) is 23.9 Å². The predicted molar refractivity (Wildman–Crippen MR) is 137 cm³/mol. The standard InChI is InChI=1S/C26H32FN3O3S/c1-6-9-21(18(7-2)19-11-10-17(27)14-16(19)4)34-25(28-5)20-15-30-13-12-29(8-3)26(33)22(30)24(32)23(20)31/h9-11,14-15,18,32H,6-8,12-13H2,1-5H3/b21-9+,28-25?. The number of hydrogen-bond acceptors (Lipinski definition) is 5. The normalized spacial score (nSPS) is 15.5. The number of amides is 1. The number of aromatic hydroxyl groups is 1. The molecule has 1 aliphatic heterocycles. The number of hydrogen-bond donors (Lipinski definition) is 1. The molecule has 0 saturated carbocycles. The Morgan fingerprint density at radius 3 is 2.59 bits per heavy atom. The zero-order valence-electron chi connectivity index (χ0n) is 20.4. The summed E-state index contributed by atoms with van der Waals surface area (Å²) < 4.78 is 15.4. The van der Waals surface area contributed by atoms with Gasteiger partial charge in [0.2, 0.25) is 5.43 Å². The Morgan fingerprint density at radius 2 is 2.00 bits per heavy atom. The molecule has 1 aromatic carbocycles. The molecule has 1 aliphatic rings. The fraction of sp³-hybridized carbons (Fsp3) is 0.423. The van der Waals surface area contributed by atoms with E-state index < -0.39 is 11.2 Å². The van der Waals surface area contributed by atoms with Crippen LogP contribution in [0.5, 0.6) is 5.75 Å². The second-order valence-electron chi connectivity index (χ2n) is 8.25.